The summed E-state index contributed by atoms with van der Waals surface area (Å²) in [4.78, 5) is 12.1. The highest BCUT2D eigenvalue weighted by Crippen LogP contribution is 2.45. The van der Waals surface area contributed by atoms with Crippen LogP contribution in [-0.4, -0.2) is 46.3 Å². The van der Waals surface area contributed by atoms with Crippen molar-refractivity contribution in [2.24, 2.45) is 23.7 Å². The molecular formula is C48H74O5. The highest BCUT2D eigenvalue weighted by atomic mass is 16.7. The van der Waals surface area contributed by atoms with Gasteiger partial charge in [-0.2, -0.15) is 0 Å². The quantitative estimate of drug-likeness (QED) is 0.0397. The summed E-state index contributed by atoms with van der Waals surface area (Å²) >= 11 is 0. The molecule has 2 aliphatic rings. The molecule has 2 saturated carbocycles. The van der Waals surface area contributed by atoms with Crippen LogP contribution in [0.15, 0.2) is 60.7 Å². The number of aryl methyl sites for hydroxylation is 3. The van der Waals surface area contributed by atoms with Crippen molar-refractivity contribution < 1.29 is 23.7 Å². The second kappa shape index (κ2) is 23.9. The molecule has 0 N–H and O–H groups in total. The van der Waals surface area contributed by atoms with Crippen molar-refractivity contribution in [3.05, 3.63) is 83.0 Å². The van der Waals surface area contributed by atoms with Crippen LogP contribution in [0.3, 0.4) is 0 Å². The number of hydrogen-bond donors (Lipinski definition) is 0. The molecule has 5 heteroatoms. The number of benzene rings is 2. The van der Waals surface area contributed by atoms with Crippen LogP contribution in [0.25, 0.3) is 11.1 Å². The molecule has 53 heavy (non-hydrogen) atoms. The second-order valence-electron chi connectivity index (χ2n) is 16.0. The zero-order valence-corrected chi connectivity index (χ0v) is 33.4. The molecule has 1 unspecified atom stereocenters. The number of hydrogen-bond acceptors (Lipinski definition) is 5. The van der Waals surface area contributed by atoms with Crippen molar-refractivity contribution in [1.29, 1.82) is 0 Å². The van der Waals surface area contributed by atoms with E-state index in [-0.39, 0.29) is 26.1 Å². The minimum atomic E-state index is -0.327. The Hall–Kier alpha value is -2.73. The Kier molecular flexibility index (Phi) is 20.2. The third-order valence-corrected chi connectivity index (χ3v) is 11.9. The van der Waals surface area contributed by atoms with Gasteiger partial charge in [-0.25, -0.2) is 4.79 Å². The predicted octanol–water partition coefficient (Wildman–Crippen LogP) is 12.2. The van der Waals surface area contributed by atoms with E-state index >= 15 is 0 Å². The second-order valence-corrected chi connectivity index (χ2v) is 16.0. The molecule has 5 nitrogen and oxygen atoms in total. The molecule has 2 aliphatic carbocycles. The van der Waals surface area contributed by atoms with Gasteiger partial charge in [-0.1, -0.05) is 103 Å². The van der Waals surface area contributed by atoms with Gasteiger partial charge in [0.05, 0.1) is 26.4 Å². The lowest BCUT2D eigenvalue weighted by atomic mass is 9.67. The van der Waals surface area contributed by atoms with Gasteiger partial charge in [0.25, 0.3) is 0 Å². The highest BCUT2D eigenvalue weighted by molar-refractivity contribution is 5.86. The Morgan fingerprint density at radius 1 is 0.792 bits per heavy atom. The van der Waals surface area contributed by atoms with Crippen LogP contribution in [-0.2, 0) is 43.0 Å². The summed E-state index contributed by atoms with van der Waals surface area (Å²) in [5.41, 5.74) is 10.2. The SMILES string of the molecule is C.C=C(COC)COCOCC(COC(=O)C(=C)C)CC1CCC(C2CCC(c3ccc(-c4ccc(CCCCC)c(CC)c4)c(CC)c3)CC2)CC1. The van der Waals surface area contributed by atoms with Crippen molar-refractivity contribution in [3.8, 4) is 11.1 Å². The summed E-state index contributed by atoms with van der Waals surface area (Å²) in [6, 6.07) is 14.7. The zero-order chi connectivity index (χ0) is 37.3. The molecule has 0 aromatic heterocycles. The number of carbonyl (C=O) groups excluding carboxylic acids is 1. The van der Waals surface area contributed by atoms with E-state index in [1.165, 1.54) is 99.3 Å². The zero-order valence-electron chi connectivity index (χ0n) is 33.4. The first-order valence-electron chi connectivity index (χ1n) is 20.6. The van der Waals surface area contributed by atoms with E-state index in [0.717, 1.165) is 36.7 Å². The van der Waals surface area contributed by atoms with Gasteiger partial charge < -0.3 is 18.9 Å². The molecule has 1 atom stereocenters. The van der Waals surface area contributed by atoms with Crippen molar-refractivity contribution in [3.63, 3.8) is 0 Å². The van der Waals surface area contributed by atoms with Gasteiger partial charge in [0, 0.05) is 18.6 Å². The Morgan fingerprint density at radius 2 is 1.49 bits per heavy atom. The molecule has 2 aromatic rings. The number of ether oxygens (including phenoxy) is 4. The number of esters is 1. The molecule has 296 valence electrons. The normalized spacial score (nSPS) is 20.7. The van der Waals surface area contributed by atoms with Crippen LogP contribution in [0.4, 0.5) is 0 Å². The van der Waals surface area contributed by atoms with Crippen LogP contribution in [0, 0.1) is 23.7 Å². The maximum absolute atomic E-state index is 12.1. The average Bonchev–Trinajstić information content (AvgIpc) is 3.17. The van der Waals surface area contributed by atoms with Gasteiger partial charge in [0.15, 0.2) is 0 Å². The van der Waals surface area contributed by atoms with Gasteiger partial charge in [0.1, 0.15) is 6.79 Å². The fourth-order valence-corrected chi connectivity index (χ4v) is 8.87. The van der Waals surface area contributed by atoms with Gasteiger partial charge in [0.2, 0.25) is 0 Å². The van der Waals surface area contributed by atoms with Crippen LogP contribution in [0.5, 0.6) is 0 Å². The Labute approximate surface area is 324 Å². The first-order chi connectivity index (χ1) is 25.3. The van der Waals surface area contributed by atoms with E-state index < -0.39 is 0 Å². The van der Waals surface area contributed by atoms with Gasteiger partial charge in [-0.3, -0.25) is 0 Å². The van der Waals surface area contributed by atoms with E-state index in [2.05, 4.69) is 70.3 Å². The summed E-state index contributed by atoms with van der Waals surface area (Å²) in [6.07, 6.45) is 18.7. The van der Waals surface area contributed by atoms with Crippen molar-refractivity contribution >= 4 is 5.97 Å². The maximum Gasteiger partial charge on any atom is 0.333 e. The molecule has 0 heterocycles. The molecule has 2 fully saturated rings. The monoisotopic (exact) mass is 731 g/mol. The smallest absolute Gasteiger partial charge is 0.333 e. The molecule has 2 aromatic carbocycles. The van der Waals surface area contributed by atoms with E-state index in [1.807, 2.05) is 0 Å². The third kappa shape index (κ3) is 14.1. The fraction of sp³-hybridized carbons (Fsp3) is 0.646. The molecule has 4 rings (SSSR count). The first kappa shape index (κ1) is 44.7. The topological polar surface area (TPSA) is 54.0 Å². The molecule has 0 radical (unpaired) electrons. The van der Waals surface area contributed by atoms with Crippen LogP contribution in [0.2, 0.25) is 0 Å². The summed E-state index contributed by atoms with van der Waals surface area (Å²) in [6.45, 7) is 18.2. The van der Waals surface area contributed by atoms with Gasteiger partial charge >= 0.3 is 5.97 Å². The van der Waals surface area contributed by atoms with Gasteiger partial charge in [-0.05, 0) is 140 Å². The number of rotatable bonds is 22. The van der Waals surface area contributed by atoms with E-state index in [0.29, 0.717) is 43.8 Å². The van der Waals surface area contributed by atoms with Crippen LogP contribution < -0.4 is 0 Å². The maximum atomic E-state index is 12.1. The van der Waals surface area contributed by atoms with E-state index in [1.54, 1.807) is 25.2 Å². The molecule has 0 aliphatic heterocycles. The van der Waals surface area contributed by atoms with E-state index in [9.17, 15) is 4.79 Å². The molecule has 0 amide bonds. The number of carbonyl (C=O) groups is 1. The third-order valence-electron chi connectivity index (χ3n) is 11.9. The van der Waals surface area contributed by atoms with Crippen LogP contribution >= 0.6 is 0 Å². The minimum absolute atomic E-state index is 0. The lowest BCUT2D eigenvalue weighted by Crippen LogP contribution is -2.28. The summed E-state index contributed by atoms with van der Waals surface area (Å²) in [5.74, 6) is 2.84. The highest BCUT2D eigenvalue weighted by Gasteiger charge is 2.32. The lowest BCUT2D eigenvalue weighted by molar-refractivity contribution is -0.142. The Morgan fingerprint density at radius 3 is 2.13 bits per heavy atom. The molecular weight excluding hydrogens is 657 g/mol. The van der Waals surface area contributed by atoms with Crippen molar-refractivity contribution in [2.75, 3.05) is 40.3 Å². The molecule has 0 saturated heterocycles. The largest absolute Gasteiger partial charge is 0.462 e. The summed E-state index contributed by atoms with van der Waals surface area (Å²) < 4.78 is 22.2. The number of unbranched alkanes of at least 4 members (excludes halogenated alkanes) is 2. The summed E-state index contributed by atoms with van der Waals surface area (Å²) in [5, 5.41) is 0. The lowest BCUT2D eigenvalue weighted by Gasteiger charge is -2.38. The van der Waals surface area contributed by atoms with E-state index in [4.69, 9.17) is 18.9 Å². The molecule has 0 spiro atoms. The molecule has 0 bridgehead atoms. The van der Waals surface area contributed by atoms with Crippen LogP contribution in [0.1, 0.15) is 140 Å². The van der Waals surface area contributed by atoms with Crippen molar-refractivity contribution in [1.82, 2.24) is 0 Å². The Balaban J connectivity index is 0.00000756. The van der Waals surface area contributed by atoms with Gasteiger partial charge in [-0.15, -0.1) is 0 Å². The van der Waals surface area contributed by atoms with Crippen molar-refractivity contribution in [2.45, 2.75) is 137 Å². The minimum Gasteiger partial charge on any atom is -0.462 e. The number of methoxy groups -OCH3 is 1. The average molecular weight is 731 g/mol. The first-order valence-corrected chi connectivity index (χ1v) is 20.6. The summed E-state index contributed by atoms with van der Waals surface area (Å²) in [7, 11) is 1.65. The Bertz CT molecular complexity index is 1390. The predicted molar refractivity (Wildman–Crippen MR) is 222 cm³/mol. The standard InChI is InChI=1S/C47H70O5.CH4/c1-8-11-12-13-40-22-23-45(27-38(40)9-2)46-25-24-44(28-39(46)10-3)43-20-18-42(19-21-43)41-16-14-36(15-17-41)26-37(32-52-47(48)34(4)5)31-51-33-50-30-35(6)29-49-7;/h22-25,27-28,36-37,41-43H,4,6,8-21,26,29-33H2,1-3,5,7H3;1H4. The fourth-order valence-electron chi connectivity index (χ4n) is 8.87.